The van der Waals surface area contributed by atoms with E-state index in [1.807, 2.05) is 6.07 Å². The Balaban J connectivity index is 1.38. The number of esters is 1. The Morgan fingerprint density at radius 1 is 0.951 bits per heavy atom. The number of nitrogens with two attached hydrogens (primary N) is 2. The van der Waals surface area contributed by atoms with Crippen molar-refractivity contribution in [2.24, 2.45) is 16.5 Å². The number of hydrogen-bond acceptors (Lipinski definition) is 6. The molecule has 41 heavy (non-hydrogen) atoms. The molecule has 7 N–H and O–H groups in total. The number of aliphatic imine (C=N–C) groups is 1. The normalized spacial score (nSPS) is 14.7. The minimum atomic E-state index is -1.18. The summed E-state index contributed by atoms with van der Waals surface area (Å²) in [6, 6.07) is 16.4. The average molecular weight is 559 g/mol. The second-order valence-electron chi connectivity index (χ2n) is 9.79. The summed E-state index contributed by atoms with van der Waals surface area (Å²) in [5.74, 6) is -3.00. The van der Waals surface area contributed by atoms with Gasteiger partial charge < -0.3 is 31.7 Å². The number of benzene rings is 3. The smallest absolute Gasteiger partial charge is 0.343 e. The number of nitrogens with one attached hydrogen (secondary N) is 1. The van der Waals surface area contributed by atoms with Crippen molar-refractivity contribution in [3.8, 4) is 5.75 Å². The number of carboxylic acid groups (broad SMARTS) is 2. The van der Waals surface area contributed by atoms with Crippen LogP contribution in [0.4, 0.5) is 5.69 Å². The molecular weight excluding hydrogens is 528 g/mol. The van der Waals surface area contributed by atoms with Crippen molar-refractivity contribution in [3.05, 3.63) is 94.5 Å². The van der Waals surface area contributed by atoms with E-state index in [0.717, 1.165) is 30.4 Å². The maximum atomic E-state index is 12.9. The molecule has 11 nitrogen and oxygen atoms in total. The molecule has 212 valence electrons. The molecule has 3 aromatic rings. The number of fused-ring (bicyclic) bond motifs is 1. The van der Waals surface area contributed by atoms with Crippen LogP contribution >= 0.6 is 0 Å². The molecule has 4 rings (SSSR count). The van der Waals surface area contributed by atoms with Gasteiger partial charge in [0.2, 0.25) is 5.91 Å². The first kappa shape index (κ1) is 28.8. The lowest BCUT2D eigenvalue weighted by atomic mass is 9.81. The third kappa shape index (κ3) is 7.69. The van der Waals surface area contributed by atoms with E-state index in [1.54, 1.807) is 36.4 Å². The fraction of sp³-hybridized carbons (Fsp3) is 0.233. The Labute approximate surface area is 235 Å². The van der Waals surface area contributed by atoms with E-state index in [1.165, 1.54) is 24.3 Å². The number of aryl methyl sites for hydroxylation is 1. The van der Waals surface area contributed by atoms with Crippen LogP contribution in [0, 0.1) is 0 Å². The summed E-state index contributed by atoms with van der Waals surface area (Å²) in [7, 11) is 0. The second-order valence-corrected chi connectivity index (χ2v) is 9.79. The Bertz CT molecular complexity index is 1480. The zero-order chi connectivity index (χ0) is 29.5. The fourth-order valence-electron chi connectivity index (χ4n) is 4.85. The highest BCUT2D eigenvalue weighted by atomic mass is 16.5. The van der Waals surface area contributed by atoms with Gasteiger partial charge in [-0.2, -0.15) is 0 Å². The van der Waals surface area contributed by atoms with Gasteiger partial charge in [0.25, 0.3) is 0 Å². The lowest BCUT2D eigenvalue weighted by Crippen LogP contribution is -2.42. The zero-order valence-corrected chi connectivity index (χ0v) is 22.1. The lowest BCUT2D eigenvalue weighted by Gasteiger charge is -2.26. The summed E-state index contributed by atoms with van der Waals surface area (Å²) >= 11 is 0. The van der Waals surface area contributed by atoms with Gasteiger partial charge in [0.15, 0.2) is 5.96 Å². The molecule has 0 aromatic heterocycles. The molecule has 11 heteroatoms. The molecule has 3 aromatic carbocycles. The summed E-state index contributed by atoms with van der Waals surface area (Å²) in [4.78, 5) is 52.3. The Morgan fingerprint density at radius 2 is 1.63 bits per heavy atom. The first-order valence-electron chi connectivity index (χ1n) is 13.0. The van der Waals surface area contributed by atoms with Crippen molar-refractivity contribution in [2.75, 3.05) is 0 Å². The molecule has 0 bridgehead atoms. The Morgan fingerprint density at radius 3 is 2.27 bits per heavy atom. The molecule has 1 aliphatic carbocycles. The quantitative estimate of drug-likeness (QED) is 0.107. The van der Waals surface area contributed by atoms with Gasteiger partial charge in [0.1, 0.15) is 11.8 Å². The number of aliphatic carboxylic acids is 1. The summed E-state index contributed by atoms with van der Waals surface area (Å²) in [6.07, 6.45) is 2.48. The van der Waals surface area contributed by atoms with E-state index < -0.39 is 29.9 Å². The van der Waals surface area contributed by atoms with E-state index >= 15 is 0 Å². The number of carbonyl (C=O) groups is 4. The van der Waals surface area contributed by atoms with Crippen LogP contribution in [0.5, 0.6) is 5.75 Å². The molecule has 0 aliphatic heterocycles. The monoisotopic (exact) mass is 558 g/mol. The van der Waals surface area contributed by atoms with Crippen LogP contribution in [0.3, 0.4) is 0 Å². The molecule has 0 saturated heterocycles. The maximum Gasteiger partial charge on any atom is 0.343 e. The highest BCUT2D eigenvalue weighted by Crippen LogP contribution is 2.36. The van der Waals surface area contributed by atoms with Gasteiger partial charge in [-0.15, -0.1) is 0 Å². The zero-order valence-electron chi connectivity index (χ0n) is 22.1. The number of ether oxygens (including phenoxy) is 1. The van der Waals surface area contributed by atoms with Crippen LogP contribution in [0.25, 0.3) is 0 Å². The van der Waals surface area contributed by atoms with Gasteiger partial charge in [-0.25, -0.2) is 19.4 Å². The van der Waals surface area contributed by atoms with Crippen LogP contribution in [0.1, 0.15) is 62.6 Å². The molecule has 1 aliphatic rings. The molecule has 0 saturated carbocycles. The first-order chi connectivity index (χ1) is 19.6. The number of amides is 1. The Kier molecular flexibility index (Phi) is 8.98. The van der Waals surface area contributed by atoms with Crippen molar-refractivity contribution in [2.45, 2.75) is 44.1 Å². The van der Waals surface area contributed by atoms with Gasteiger partial charge in [0.05, 0.1) is 16.8 Å². The lowest BCUT2D eigenvalue weighted by molar-refractivity contribution is -0.141. The van der Waals surface area contributed by atoms with Crippen LogP contribution in [0.15, 0.2) is 71.7 Å². The molecule has 0 fully saturated rings. The van der Waals surface area contributed by atoms with Crippen molar-refractivity contribution in [1.29, 1.82) is 0 Å². The maximum absolute atomic E-state index is 12.9. The highest BCUT2D eigenvalue weighted by molar-refractivity contribution is 5.91. The number of aromatic carboxylic acids is 1. The van der Waals surface area contributed by atoms with Gasteiger partial charge in [-0.3, -0.25) is 4.79 Å². The molecular formula is C30H30N4O7. The van der Waals surface area contributed by atoms with Gasteiger partial charge >= 0.3 is 17.9 Å². The largest absolute Gasteiger partial charge is 0.480 e. The fourth-order valence-corrected chi connectivity index (χ4v) is 4.85. The van der Waals surface area contributed by atoms with Gasteiger partial charge in [-0.1, -0.05) is 18.2 Å². The SMILES string of the molecule is NC(N)=Nc1ccc(C(=O)Oc2ccc3c(c2)CCCC3CC(=O)N[C@@H](Cc2ccc(C(=O)O)cc2)C(=O)O)cc1. The molecule has 2 atom stereocenters. The van der Waals surface area contributed by atoms with Crippen LogP contribution in [-0.4, -0.2) is 46.0 Å². The van der Waals surface area contributed by atoms with E-state index in [-0.39, 0.29) is 30.3 Å². The van der Waals surface area contributed by atoms with E-state index in [0.29, 0.717) is 22.6 Å². The highest BCUT2D eigenvalue weighted by Gasteiger charge is 2.26. The number of hydrogen-bond donors (Lipinski definition) is 5. The van der Waals surface area contributed by atoms with E-state index in [2.05, 4.69) is 10.3 Å². The van der Waals surface area contributed by atoms with Crippen molar-refractivity contribution in [1.82, 2.24) is 5.32 Å². The minimum Gasteiger partial charge on any atom is -0.480 e. The van der Waals surface area contributed by atoms with Crippen molar-refractivity contribution >= 4 is 35.5 Å². The number of guanidine groups is 1. The van der Waals surface area contributed by atoms with Crippen molar-refractivity contribution in [3.63, 3.8) is 0 Å². The van der Waals surface area contributed by atoms with E-state index in [9.17, 15) is 24.3 Å². The molecule has 1 unspecified atom stereocenters. The Hall–Kier alpha value is -5.19. The summed E-state index contributed by atoms with van der Waals surface area (Å²) in [6.45, 7) is 0. The number of nitrogens with zero attached hydrogens (tertiary/aromatic N) is 1. The topological polar surface area (TPSA) is 194 Å². The standard InChI is InChI=1S/C30H30N4O7/c31-30(32)33-22-10-8-19(9-11-22)29(40)41-23-12-13-24-20(15-23)2-1-3-21(24)16-26(35)34-25(28(38)39)14-17-4-6-18(7-5-17)27(36)37/h4-13,15,21,25H,1-3,14,16H2,(H,34,35)(H,36,37)(H,38,39)(H4,31,32,33)/t21?,25-/m0/s1. The molecule has 0 radical (unpaired) electrons. The average Bonchev–Trinajstić information content (AvgIpc) is 2.93. The van der Waals surface area contributed by atoms with Gasteiger partial charge in [0, 0.05) is 12.8 Å². The third-order valence-corrected chi connectivity index (χ3v) is 6.83. The van der Waals surface area contributed by atoms with Crippen LogP contribution < -0.4 is 21.5 Å². The summed E-state index contributed by atoms with van der Waals surface area (Å²) in [5, 5.41) is 21.3. The first-order valence-corrected chi connectivity index (χ1v) is 13.0. The minimum absolute atomic E-state index is 0.0218. The molecule has 1 amide bonds. The summed E-state index contributed by atoms with van der Waals surface area (Å²) in [5.41, 5.74) is 14.2. The summed E-state index contributed by atoms with van der Waals surface area (Å²) < 4.78 is 5.56. The third-order valence-electron chi connectivity index (χ3n) is 6.83. The predicted octanol–water partition coefficient (Wildman–Crippen LogP) is 3.13. The second kappa shape index (κ2) is 12.8. The van der Waals surface area contributed by atoms with Crippen molar-refractivity contribution < 1.29 is 34.1 Å². The predicted molar refractivity (Wildman–Crippen MR) is 150 cm³/mol. The molecule has 0 heterocycles. The number of rotatable bonds is 10. The van der Waals surface area contributed by atoms with Crippen LogP contribution in [-0.2, 0) is 22.4 Å². The number of carbonyl (C=O) groups excluding carboxylic acids is 2. The number of carboxylic acids is 2. The molecule has 0 spiro atoms. The van der Waals surface area contributed by atoms with E-state index in [4.69, 9.17) is 21.3 Å². The van der Waals surface area contributed by atoms with Crippen LogP contribution in [0.2, 0.25) is 0 Å². The van der Waals surface area contributed by atoms with Gasteiger partial charge in [-0.05, 0) is 90.4 Å².